The summed E-state index contributed by atoms with van der Waals surface area (Å²) in [5.74, 6) is 5.15. The molecule has 92 valence electrons. The Morgan fingerprint density at radius 3 is 2.78 bits per heavy atom. The number of aromatic nitrogens is 3. The normalized spacial score (nSPS) is 9.89. The van der Waals surface area contributed by atoms with Gasteiger partial charge in [-0.3, -0.25) is 14.8 Å². The lowest BCUT2D eigenvalue weighted by Crippen LogP contribution is -2.16. The van der Waals surface area contributed by atoms with Gasteiger partial charge in [0.1, 0.15) is 5.69 Å². The average Bonchev–Trinajstić information content (AvgIpc) is 2.41. The van der Waals surface area contributed by atoms with Crippen molar-refractivity contribution in [1.82, 2.24) is 15.0 Å². The minimum absolute atomic E-state index is 0.172. The van der Waals surface area contributed by atoms with Crippen LogP contribution in [0.4, 0.5) is 11.5 Å². The number of nitrogens with zero attached hydrogens (tertiary/aromatic N) is 3. The van der Waals surface area contributed by atoms with E-state index in [2.05, 4.69) is 25.7 Å². The first kappa shape index (κ1) is 11.9. The second kappa shape index (κ2) is 5.19. The predicted molar refractivity (Wildman–Crippen MR) is 66.8 cm³/mol. The highest BCUT2D eigenvalue weighted by molar-refractivity contribution is 6.02. The third-order valence-corrected chi connectivity index (χ3v) is 2.18. The minimum atomic E-state index is -0.370. The Bertz CT molecular complexity index is 554. The lowest BCUT2D eigenvalue weighted by atomic mass is 10.3. The fourth-order valence-corrected chi connectivity index (χ4v) is 1.28. The van der Waals surface area contributed by atoms with Gasteiger partial charge in [-0.05, 0) is 19.1 Å². The highest BCUT2D eigenvalue weighted by atomic mass is 16.1. The molecule has 7 heteroatoms. The van der Waals surface area contributed by atoms with Crippen molar-refractivity contribution in [3.63, 3.8) is 0 Å². The van der Waals surface area contributed by atoms with Crippen molar-refractivity contribution in [1.29, 1.82) is 0 Å². The minimum Gasteiger partial charge on any atom is -0.319 e. The summed E-state index contributed by atoms with van der Waals surface area (Å²) in [7, 11) is 0. The summed E-state index contributed by atoms with van der Waals surface area (Å²) in [5, 5.41) is 2.66. The number of anilines is 2. The molecule has 18 heavy (non-hydrogen) atoms. The van der Waals surface area contributed by atoms with E-state index in [4.69, 9.17) is 5.84 Å². The summed E-state index contributed by atoms with van der Waals surface area (Å²) in [6, 6.07) is 3.57. The lowest BCUT2D eigenvalue weighted by molar-refractivity contribution is 0.102. The topological polar surface area (TPSA) is 106 Å². The first-order valence-corrected chi connectivity index (χ1v) is 5.21. The zero-order valence-electron chi connectivity index (χ0n) is 9.71. The first-order valence-electron chi connectivity index (χ1n) is 5.21. The van der Waals surface area contributed by atoms with E-state index in [1.165, 1.54) is 12.4 Å². The summed E-state index contributed by atoms with van der Waals surface area (Å²) in [4.78, 5) is 23.8. The molecule has 0 fully saturated rings. The number of carbonyl (C=O) groups excluding carboxylic acids is 1. The monoisotopic (exact) mass is 244 g/mol. The molecule has 2 rings (SSSR count). The number of hydrogen-bond donors (Lipinski definition) is 3. The Morgan fingerprint density at radius 1 is 1.28 bits per heavy atom. The van der Waals surface area contributed by atoms with Crippen LogP contribution in [0.5, 0.6) is 0 Å². The van der Waals surface area contributed by atoms with Gasteiger partial charge < -0.3 is 10.7 Å². The second-order valence-corrected chi connectivity index (χ2v) is 3.58. The van der Waals surface area contributed by atoms with Crippen molar-refractivity contribution in [2.75, 3.05) is 10.7 Å². The van der Waals surface area contributed by atoms with E-state index in [-0.39, 0.29) is 11.6 Å². The zero-order valence-corrected chi connectivity index (χ0v) is 9.71. The number of nitrogen functional groups attached to an aromatic ring is 1. The van der Waals surface area contributed by atoms with Crippen molar-refractivity contribution in [3.05, 3.63) is 42.1 Å². The smallest absolute Gasteiger partial charge is 0.275 e. The predicted octanol–water partition coefficient (Wildman–Crippen LogP) is 0.718. The summed E-state index contributed by atoms with van der Waals surface area (Å²) < 4.78 is 0. The van der Waals surface area contributed by atoms with Gasteiger partial charge in [0.05, 0.1) is 24.3 Å². The summed E-state index contributed by atoms with van der Waals surface area (Å²) in [6.45, 7) is 1.87. The number of aryl methyl sites for hydroxylation is 1. The maximum atomic E-state index is 11.9. The molecule has 0 aliphatic rings. The summed E-state index contributed by atoms with van der Waals surface area (Å²) in [6.07, 6.45) is 4.35. The highest BCUT2D eigenvalue weighted by Crippen LogP contribution is 2.08. The highest BCUT2D eigenvalue weighted by Gasteiger charge is 2.09. The van der Waals surface area contributed by atoms with Crippen molar-refractivity contribution < 1.29 is 4.79 Å². The van der Waals surface area contributed by atoms with Gasteiger partial charge in [-0.15, -0.1) is 0 Å². The van der Waals surface area contributed by atoms with E-state index in [9.17, 15) is 4.79 Å². The van der Waals surface area contributed by atoms with Gasteiger partial charge in [0.15, 0.2) is 5.82 Å². The molecular formula is C11H12N6O. The van der Waals surface area contributed by atoms with Crippen LogP contribution in [-0.2, 0) is 0 Å². The van der Waals surface area contributed by atoms with Crippen LogP contribution in [0.1, 0.15) is 16.2 Å². The molecule has 1 amide bonds. The largest absolute Gasteiger partial charge is 0.319 e. The molecule has 0 aliphatic heterocycles. The third-order valence-electron chi connectivity index (χ3n) is 2.18. The van der Waals surface area contributed by atoms with E-state index in [1.54, 1.807) is 18.3 Å². The summed E-state index contributed by atoms with van der Waals surface area (Å²) in [5.41, 5.74) is 3.97. The molecule has 4 N–H and O–H groups in total. The van der Waals surface area contributed by atoms with E-state index in [1.807, 2.05) is 6.92 Å². The number of rotatable bonds is 3. The van der Waals surface area contributed by atoms with Crippen LogP contribution < -0.4 is 16.6 Å². The van der Waals surface area contributed by atoms with Crippen molar-refractivity contribution in [2.45, 2.75) is 6.92 Å². The Balaban J connectivity index is 2.14. The van der Waals surface area contributed by atoms with Crippen LogP contribution in [0, 0.1) is 6.92 Å². The molecule has 0 unspecified atom stereocenters. The van der Waals surface area contributed by atoms with Crippen LogP contribution in [0.25, 0.3) is 0 Å². The fourth-order valence-electron chi connectivity index (χ4n) is 1.28. The maximum absolute atomic E-state index is 11.9. The van der Waals surface area contributed by atoms with Gasteiger partial charge in [0, 0.05) is 5.69 Å². The van der Waals surface area contributed by atoms with Crippen molar-refractivity contribution >= 4 is 17.4 Å². The first-order chi connectivity index (χ1) is 8.69. The molecule has 0 saturated carbocycles. The maximum Gasteiger partial charge on any atom is 0.275 e. The van der Waals surface area contributed by atoms with Gasteiger partial charge in [0.25, 0.3) is 5.91 Å². The molecule has 2 aromatic rings. The van der Waals surface area contributed by atoms with E-state index in [0.717, 1.165) is 5.69 Å². The van der Waals surface area contributed by atoms with Crippen LogP contribution >= 0.6 is 0 Å². The Kier molecular flexibility index (Phi) is 3.44. The molecule has 0 bridgehead atoms. The molecule has 2 aromatic heterocycles. The third kappa shape index (κ3) is 2.77. The molecule has 0 aromatic carbocycles. The van der Waals surface area contributed by atoms with Gasteiger partial charge in [-0.1, -0.05) is 0 Å². The zero-order chi connectivity index (χ0) is 13.0. The van der Waals surface area contributed by atoms with Gasteiger partial charge in [-0.25, -0.2) is 10.8 Å². The van der Waals surface area contributed by atoms with Crippen molar-refractivity contribution in [3.8, 4) is 0 Å². The molecule has 7 nitrogen and oxygen atoms in total. The SMILES string of the molecule is Cc1ccc(NC(=O)c2cncc(NN)n2)cn1. The molecule has 0 aliphatic carbocycles. The number of hydrogen-bond acceptors (Lipinski definition) is 6. The molecule has 0 spiro atoms. The number of hydrazine groups is 1. The Hall–Kier alpha value is -2.54. The van der Waals surface area contributed by atoms with E-state index >= 15 is 0 Å². The van der Waals surface area contributed by atoms with Crippen LogP contribution in [0.15, 0.2) is 30.7 Å². The number of nitrogens with two attached hydrogens (primary N) is 1. The number of pyridine rings is 1. The molecular weight excluding hydrogens is 232 g/mol. The molecule has 0 radical (unpaired) electrons. The lowest BCUT2D eigenvalue weighted by Gasteiger charge is -2.05. The summed E-state index contributed by atoms with van der Waals surface area (Å²) >= 11 is 0. The number of nitrogens with one attached hydrogen (secondary N) is 2. The molecule has 0 saturated heterocycles. The number of carbonyl (C=O) groups is 1. The Morgan fingerprint density at radius 2 is 2.11 bits per heavy atom. The van der Waals surface area contributed by atoms with Crippen molar-refractivity contribution in [2.24, 2.45) is 5.84 Å². The van der Waals surface area contributed by atoms with E-state index in [0.29, 0.717) is 11.5 Å². The number of amides is 1. The van der Waals surface area contributed by atoms with Gasteiger partial charge >= 0.3 is 0 Å². The van der Waals surface area contributed by atoms with Crippen LogP contribution in [0.3, 0.4) is 0 Å². The second-order valence-electron chi connectivity index (χ2n) is 3.58. The molecule has 0 atom stereocenters. The Labute approximate surface area is 103 Å². The van der Waals surface area contributed by atoms with E-state index < -0.39 is 0 Å². The van der Waals surface area contributed by atoms with Gasteiger partial charge in [-0.2, -0.15) is 0 Å². The molecule has 2 heterocycles. The van der Waals surface area contributed by atoms with Crippen LogP contribution in [0.2, 0.25) is 0 Å². The quantitative estimate of drug-likeness (QED) is 0.542. The van der Waals surface area contributed by atoms with Crippen LogP contribution in [-0.4, -0.2) is 20.9 Å². The fraction of sp³-hybridized carbons (Fsp3) is 0.0909. The average molecular weight is 244 g/mol. The standard InChI is InChI=1S/C11H12N6O/c1-7-2-3-8(4-14-7)15-11(18)9-5-13-6-10(16-9)17-12/h2-6H,12H2,1H3,(H,15,18)(H,16,17). The van der Waals surface area contributed by atoms with Gasteiger partial charge in [0.2, 0.25) is 0 Å².